The second kappa shape index (κ2) is 8.65. The fourth-order valence-electron chi connectivity index (χ4n) is 1.31. The zero-order valence-electron chi connectivity index (χ0n) is 10.9. The Bertz CT molecular complexity index is 422. The van der Waals surface area contributed by atoms with Crippen LogP contribution in [0.1, 0.15) is 13.3 Å². The quantitative estimate of drug-likeness (QED) is 0.341. The SMILES string of the molecule is CCC(C=CC(=O)O)(C=CC(=O)O)C=CC(=O)OCO. The van der Waals surface area contributed by atoms with Crippen molar-refractivity contribution in [1.29, 1.82) is 0 Å². The number of aliphatic hydroxyl groups excluding tert-OH is 1. The zero-order chi connectivity index (χ0) is 15.6. The molecule has 110 valence electrons. The second-order valence-corrected chi connectivity index (χ2v) is 3.73. The molecule has 7 nitrogen and oxygen atoms in total. The predicted octanol–water partition coefficient (Wildman–Crippen LogP) is 0.714. The second-order valence-electron chi connectivity index (χ2n) is 3.73. The Kier molecular flexibility index (Phi) is 7.61. The highest BCUT2D eigenvalue weighted by Gasteiger charge is 2.19. The molecule has 0 bridgehead atoms. The van der Waals surface area contributed by atoms with Gasteiger partial charge in [0.05, 0.1) is 0 Å². The van der Waals surface area contributed by atoms with Crippen molar-refractivity contribution < 1.29 is 34.4 Å². The Labute approximate surface area is 115 Å². The first kappa shape index (κ1) is 17.6. The lowest BCUT2D eigenvalue weighted by molar-refractivity contribution is -0.145. The first-order valence-corrected chi connectivity index (χ1v) is 5.66. The molecule has 0 aromatic heterocycles. The van der Waals surface area contributed by atoms with Crippen molar-refractivity contribution >= 4 is 17.9 Å². The molecule has 0 atom stereocenters. The van der Waals surface area contributed by atoms with E-state index < -0.39 is 30.1 Å². The van der Waals surface area contributed by atoms with Gasteiger partial charge >= 0.3 is 17.9 Å². The van der Waals surface area contributed by atoms with E-state index in [0.29, 0.717) is 6.42 Å². The Balaban J connectivity index is 5.35. The molecule has 0 saturated heterocycles. The van der Waals surface area contributed by atoms with E-state index in [0.717, 1.165) is 18.2 Å². The number of rotatable bonds is 8. The molecule has 3 N–H and O–H groups in total. The highest BCUT2D eigenvalue weighted by molar-refractivity contribution is 5.83. The summed E-state index contributed by atoms with van der Waals surface area (Å²) in [6.07, 6.45) is 6.87. The molecule has 0 heterocycles. The van der Waals surface area contributed by atoms with Crippen LogP contribution in [-0.4, -0.2) is 40.0 Å². The van der Waals surface area contributed by atoms with Crippen LogP contribution in [0, 0.1) is 5.41 Å². The van der Waals surface area contributed by atoms with Crippen molar-refractivity contribution in [2.24, 2.45) is 5.41 Å². The third-order valence-corrected chi connectivity index (χ3v) is 2.42. The van der Waals surface area contributed by atoms with E-state index >= 15 is 0 Å². The highest BCUT2D eigenvalue weighted by atomic mass is 16.6. The van der Waals surface area contributed by atoms with Crippen LogP contribution in [0.15, 0.2) is 36.5 Å². The molecule has 0 rings (SSSR count). The number of carboxylic acid groups (broad SMARTS) is 2. The predicted molar refractivity (Wildman–Crippen MR) is 68.6 cm³/mol. The van der Waals surface area contributed by atoms with Crippen molar-refractivity contribution in [3.8, 4) is 0 Å². The number of ether oxygens (including phenoxy) is 1. The van der Waals surface area contributed by atoms with Gasteiger partial charge in [-0.05, 0) is 6.42 Å². The van der Waals surface area contributed by atoms with Gasteiger partial charge < -0.3 is 20.1 Å². The molecule has 0 spiro atoms. The monoisotopic (exact) mass is 284 g/mol. The average Bonchev–Trinajstić information content (AvgIpc) is 2.38. The molecule has 0 aromatic carbocycles. The summed E-state index contributed by atoms with van der Waals surface area (Å²) in [6.45, 7) is 0.915. The lowest BCUT2D eigenvalue weighted by Gasteiger charge is -2.20. The molecule has 7 heteroatoms. The van der Waals surface area contributed by atoms with Gasteiger partial charge in [-0.3, -0.25) is 0 Å². The van der Waals surface area contributed by atoms with Crippen LogP contribution in [0.3, 0.4) is 0 Å². The van der Waals surface area contributed by atoms with Crippen LogP contribution in [0.2, 0.25) is 0 Å². The number of aliphatic hydroxyl groups is 1. The number of esters is 1. The number of hydrogen-bond acceptors (Lipinski definition) is 5. The van der Waals surface area contributed by atoms with Gasteiger partial charge in [0.1, 0.15) is 0 Å². The van der Waals surface area contributed by atoms with Crippen LogP contribution in [0.25, 0.3) is 0 Å². The van der Waals surface area contributed by atoms with Gasteiger partial charge in [-0.25, -0.2) is 14.4 Å². The largest absolute Gasteiger partial charge is 0.478 e. The average molecular weight is 284 g/mol. The molecule has 0 fully saturated rings. The summed E-state index contributed by atoms with van der Waals surface area (Å²) in [6, 6.07) is 0. The molecule has 0 aromatic rings. The van der Waals surface area contributed by atoms with E-state index in [1.807, 2.05) is 0 Å². The number of allylic oxidation sites excluding steroid dienone is 3. The molecule has 0 amide bonds. The Morgan fingerprint density at radius 2 is 1.45 bits per heavy atom. The van der Waals surface area contributed by atoms with Gasteiger partial charge in [-0.2, -0.15) is 0 Å². The molecule has 0 unspecified atom stereocenters. The molecule has 0 aliphatic carbocycles. The summed E-state index contributed by atoms with van der Waals surface area (Å²) < 4.78 is 4.28. The number of carbonyl (C=O) groups is 3. The van der Waals surface area contributed by atoms with E-state index in [2.05, 4.69) is 4.74 Å². The van der Waals surface area contributed by atoms with Crippen molar-refractivity contribution in [2.75, 3.05) is 6.79 Å². The summed E-state index contributed by atoms with van der Waals surface area (Å²) >= 11 is 0. The summed E-state index contributed by atoms with van der Waals surface area (Å²) in [5.41, 5.74) is -1.05. The van der Waals surface area contributed by atoms with Crippen LogP contribution in [-0.2, 0) is 19.1 Å². The van der Waals surface area contributed by atoms with Gasteiger partial charge in [0, 0.05) is 23.6 Å². The number of carbonyl (C=O) groups excluding carboxylic acids is 1. The van der Waals surface area contributed by atoms with E-state index in [9.17, 15) is 14.4 Å². The van der Waals surface area contributed by atoms with E-state index in [1.54, 1.807) is 6.92 Å². The third kappa shape index (κ3) is 7.12. The maximum absolute atomic E-state index is 11.1. The summed E-state index contributed by atoms with van der Waals surface area (Å²) in [4.78, 5) is 32.3. The fourth-order valence-corrected chi connectivity index (χ4v) is 1.31. The van der Waals surface area contributed by atoms with E-state index in [4.69, 9.17) is 15.3 Å². The summed E-state index contributed by atoms with van der Waals surface area (Å²) in [5, 5.41) is 25.7. The van der Waals surface area contributed by atoms with Crippen LogP contribution >= 0.6 is 0 Å². The first-order chi connectivity index (χ1) is 9.35. The standard InChI is InChI=1S/C13H16O7/c1-2-13(6-3-10(15)16,7-4-11(17)18)8-5-12(19)20-9-14/h3-8,14H,2,9H2,1H3,(H,15,16)(H,17,18). The van der Waals surface area contributed by atoms with Crippen molar-refractivity contribution in [3.05, 3.63) is 36.5 Å². The molecular weight excluding hydrogens is 268 g/mol. The minimum atomic E-state index is -1.20. The Hall–Kier alpha value is -2.41. The van der Waals surface area contributed by atoms with Gasteiger partial charge in [0.2, 0.25) is 0 Å². The van der Waals surface area contributed by atoms with Gasteiger partial charge in [0.15, 0.2) is 6.79 Å². The van der Waals surface area contributed by atoms with Crippen LogP contribution < -0.4 is 0 Å². The number of aliphatic carboxylic acids is 2. The van der Waals surface area contributed by atoms with Crippen LogP contribution in [0.4, 0.5) is 0 Å². The maximum Gasteiger partial charge on any atom is 0.332 e. The van der Waals surface area contributed by atoms with Crippen molar-refractivity contribution in [2.45, 2.75) is 13.3 Å². The topological polar surface area (TPSA) is 121 Å². The molecular formula is C13H16O7. The first-order valence-electron chi connectivity index (χ1n) is 5.66. The summed E-state index contributed by atoms with van der Waals surface area (Å²) in [7, 11) is 0. The highest BCUT2D eigenvalue weighted by Crippen LogP contribution is 2.28. The van der Waals surface area contributed by atoms with Gasteiger partial charge in [-0.15, -0.1) is 0 Å². The lowest BCUT2D eigenvalue weighted by Crippen LogP contribution is -2.13. The van der Waals surface area contributed by atoms with Gasteiger partial charge in [0.25, 0.3) is 0 Å². The van der Waals surface area contributed by atoms with E-state index in [1.165, 1.54) is 18.2 Å². The van der Waals surface area contributed by atoms with Crippen molar-refractivity contribution in [3.63, 3.8) is 0 Å². The maximum atomic E-state index is 11.1. The third-order valence-electron chi connectivity index (χ3n) is 2.42. The molecule has 0 saturated carbocycles. The Morgan fingerprint density at radius 1 is 1.00 bits per heavy atom. The number of carboxylic acids is 2. The Morgan fingerprint density at radius 3 is 1.80 bits per heavy atom. The molecule has 0 aliphatic rings. The lowest BCUT2D eigenvalue weighted by atomic mass is 9.83. The normalized spacial score (nSPS) is 14.7. The smallest absolute Gasteiger partial charge is 0.332 e. The summed E-state index contributed by atoms with van der Waals surface area (Å²) in [5.74, 6) is -3.21. The minimum absolute atomic E-state index is 0.323. The molecule has 0 radical (unpaired) electrons. The fraction of sp³-hybridized carbons (Fsp3) is 0.308. The van der Waals surface area contributed by atoms with E-state index in [-0.39, 0.29) is 0 Å². The minimum Gasteiger partial charge on any atom is -0.478 e. The van der Waals surface area contributed by atoms with Crippen molar-refractivity contribution in [1.82, 2.24) is 0 Å². The zero-order valence-corrected chi connectivity index (χ0v) is 10.9. The molecule has 0 aliphatic heterocycles. The number of hydrogen-bond donors (Lipinski definition) is 3. The van der Waals surface area contributed by atoms with Crippen LogP contribution in [0.5, 0.6) is 0 Å². The molecule has 20 heavy (non-hydrogen) atoms. The van der Waals surface area contributed by atoms with Gasteiger partial charge in [-0.1, -0.05) is 25.2 Å².